The third-order valence-corrected chi connectivity index (χ3v) is 3.89. The summed E-state index contributed by atoms with van der Waals surface area (Å²) in [5.74, 6) is 0.643. The van der Waals surface area contributed by atoms with Crippen molar-refractivity contribution in [3.63, 3.8) is 0 Å². The van der Waals surface area contributed by atoms with Crippen molar-refractivity contribution >= 4 is 35.8 Å². The Balaban J connectivity index is 0.00000484. The topological polar surface area (TPSA) is 75.2 Å². The van der Waals surface area contributed by atoms with E-state index >= 15 is 0 Å². The fourth-order valence-corrected chi connectivity index (χ4v) is 2.02. The van der Waals surface area contributed by atoms with Gasteiger partial charge in [0.2, 0.25) is 5.91 Å². The minimum absolute atomic E-state index is 0. The Bertz CT molecular complexity index is 374. The lowest BCUT2D eigenvalue weighted by atomic mass is 10.0. The molecular formula is C15H31IN4O3. The molecule has 1 aliphatic rings. The number of guanidine groups is 1. The Kier molecular flexibility index (Phi) is 11.5. The number of carbonyl (C=O) groups excluding carboxylic acids is 1. The number of hydrogen-bond donors (Lipinski definition) is 2. The molecule has 1 amide bonds. The molecule has 1 saturated carbocycles. The van der Waals surface area contributed by atoms with Gasteiger partial charge >= 0.3 is 0 Å². The van der Waals surface area contributed by atoms with Gasteiger partial charge in [0, 0.05) is 48.0 Å². The molecule has 7 nitrogen and oxygen atoms in total. The number of halogens is 1. The van der Waals surface area contributed by atoms with E-state index in [2.05, 4.69) is 15.6 Å². The Hall–Kier alpha value is -0.610. The normalized spacial score (nSPS) is 15.6. The monoisotopic (exact) mass is 442 g/mol. The van der Waals surface area contributed by atoms with Gasteiger partial charge in [-0.15, -0.1) is 24.0 Å². The van der Waals surface area contributed by atoms with Crippen LogP contribution in [0.25, 0.3) is 0 Å². The largest absolute Gasteiger partial charge is 0.385 e. The van der Waals surface area contributed by atoms with Crippen molar-refractivity contribution in [1.82, 2.24) is 15.5 Å². The molecule has 0 bridgehead atoms. The highest BCUT2D eigenvalue weighted by Crippen LogP contribution is 2.48. The first kappa shape index (κ1) is 22.4. The van der Waals surface area contributed by atoms with Crippen LogP contribution in [-0.4, -0.2) is 77.9 Å². The lowest BCUT2D eigenvalue weighted by Crippen LogP contribution is -2.42. The number of nitrogens with one attached hydrogen (secondary N) is 2. The second-order valence-corrected chi connectivity index (χ2v) is 5.97. The Morgan fingerprint density at radius 3 is 2.35 bits per heavy atom. The molecule has 8 heteroatoms. The van der Waals surface area contributed by atoms with Crippen LogP contribution in [0.2, 0.25) is 0 Å². The van der Waals surface area contributed by atoms with Gasteiger partial charge in [0.05, 0.1) is 6.61 Å². The number of carbonyl (C=O) groups is 1. The molecule has 2 N–H and O–H groups in total. The summed E-state index contributed by atoms with van der Waals surface area (Å²) in [5.41, 5.74) is 0.325. The smallest absolute Gasteiger partial charge is 0.243 e. The second kappa shape index (κ2) is 11.9. The van der Waals surface area contributed by atoms with Crippen LogP contribution < -0.4 is 10.6 Å². The molecule has 1 rings (SSSR count). The van der Waals surface area contributed by atoms with Gasteiger partial charge in [0.15, 0.2) is 5.96 Å². The number of likely N-dealkylation sites (N-methyl/N-ethyl adjacent to an activating group) is 1. The SMILES string of the molecule is COCCNC(=NCC(=O)N(C)C)NCC1(CCOC)CC1.I. The zero-order chi connectivity index (χ0) is 16.4. The predicted octanol–water partition coefficient (Wildman–Crippen LogP) is 0.691. The Morgan fingerprint density at radius 1 is 1.17 bits per heavy atom. The van der Waals surface area contributed by atoms with Crippen LogP contribution in [-0.2, 0) is 14.3 Å². The minimum Gasteiger partial charge on any atom is -0.385 e. The Labute approximate surface area is 156 Å². The first-order valence-corrected chi connectivity index (χ1v) is 7.73. The Morgan fingerprint density at radius 2 is 1.83 bits per heavy atom. The van der Waals surface area contributed by atoms with E-state index in [9.17, 15) is 4.79 Å². The summed E-state index contributed by atoms with van der Waals surface area (Å²) in [4.78, 5) is 17.5. The average molecular weight is 442 g/mol. The number of ether oxygens (including phenoxy) is 2. The summed E-state index contributed by atoms with van der Waals surface area (Å²) in [5, 5.41) is 6.52. The quantitative estimate of drug-likeness (QED) is 0.226. The highest BCUT2D eigenvalue weighted by Gasteiger charge is 2.41. The molecule has 136 valence electrons. The fourth-order valence-electron chi connectivity index (χ4n) is 2.02. The van der Waals surface area contributed by atoms with Gasteiger partial charge < -0.3 is 25.0 Å². The molecule has 0 aromatic carbocycles. The summed E-state index contributed by atoms with van der Waals surface area (Å²) in [6.45, 7) is 3.02. The number of rotatable bonds is 10. The van der Waals surface area contributed by atoms with E-state index in [1.807, 2.05) is 0 Å². The highest BCUT2D eigenvalue weighted by molar-refractivity contribution is 14.0. The number of nitrogens with zero attached hydrogens (tertiary/aromatic N) is 2. The van der Waals surface area contributed by atoms with Gasteiger partial charge in [-0.2, -0.15) is 0 Å². The van der Waals surface area contributed by atoms with Crippen molar-refractivity contribution in [3.05, 3.63) is 0 Å². The van der Waals surface area contributed by atoms with Crippen LogP contribution in [0.1, 0.15) is 19.3 Å². The first-order valence-electron chi connectivity index (χ1n) is 7.73. The first-order chi connectivity index (χ1) is 10.5. The molecule has 0 heterocycles. The third kappa shape index (κ3) is 9.31. The van der Waals surface area contributed by atoms with Crippen molar-refractivity contribution in [1.29, 1.82) is 0 Å². The molecule has 0 unspecified atom stereocenters. The van der Waals surface area contributed by atoms with Gasteiger partial charge in [0.25, 0.3) is 0 Å². The molecule has 23 heavy (non-hydrogen) atoms. The molecule has 1 aliphatic carbocycles. The molecule has 0 saturated heterocycles. The summed E-state index contributed by atoms with van der Waals surface area (Å²) < 4.78 is 10.2. The van der Waals surface area contributed by atoms with Crippen LogP contribution in [0.3, 0.4) is 0 Å². The van der Waals surface area contributed by atoms with Gasteiger partial charge in [-0.25, -0.2) is 4.99 Å². The lowest BCUT2D eigenvalue weighted by molar-refractivity contribution is -0.127. The van der Waals surface area contributed by atoms with Gasteiger partial charge in [-0.05, 0) is 24.7 Å². The number of hydrogen-bond acceptors (Lipinski definition) is 4. The number of amides is 1. The molecule has 0 spiro atoms. The van der Waals surface area contributed by atoms with Crippen LogP contribution in [0, 0.1) is 5.41 Å². The van der Waals surface area contributed by atoms with Crippen molar-refractivity contribution in [3.8, 4) is 0 Å². The number of aliphatic imine (C=N–C) groups is 1. The maximum atomic E-state index is 11.7. The highest BCUT2D eigenvalue weighted by atomic mass is 127. The maximum absolute atomic E-state index is 11.7. The van der Waals surface area contributed by atoms with E-state index in [0.29, 0.717) is 24.5 Å². The van der Waals surface area contributed by atoms with E-state index in [0.717, 1.165) is 19.6 Å². The van der Waals surface area contributed by atoms with Gasteiger partial charge in [0.1, 0.15) is 6.54 Å². The fraction of sp³-hybridized carbons (Fsp3) is 0.867. The molecule has 1 fully saturated rings. The van der Waals surface area contributed by atoms with Gasteiger partial charge in [-0.1, -0.05) is 0 Å². The zero-order valence-corrected chi connectivity index (χ0v) is 17.0. The summed E-state index contributed by atoms with van der Waals surface area (Å²) >= 11 is 0. The third-order valence-electron chi connectivity index (χ3n) is 3.89. The van der Waals surface area contributed by atoms with Crippen molar-refractivity contribution in [2.75, 3.05) is 61.2 Å². The van der Waals surface area contributed by atoms with Crippen LogP contribution in [0.15, 0.2) is 4.99 Å². The van der Waals surface area contributed by atoms with Crippen molar-refractivity contribution in [2.24, 2.45) is 10.4 Å². The number of methoxy groups -OCH3 is 2. The second-order valence-electron chi connectivity index (χ2n) is 5.97. The zero-order valence-electron chi connectivity index (χ0n) is 14.7. The molecular weight excluding hydrogens is 411 g/mol. The van der Waals surface area contributed by atoms with Crippen LogP contribution >= 0.6 is 24.0 Å². The molecule has 0 atom stereocenters. The summed E-state index contributed by atoms with van der Waals surface area (Å²) in [6, 6.07) is 0. The molecule has 0 radical (unpaired) electrons. The van der Waals surface area contributed by atoms with Gasteiger partial charge in [-0.3, -0.25) is 4.79 Å². The van der Waals surface area contributed by atoms with E-state index in [1.54, 1.807) is 28.3 Å². The standard InChI is InChI=1S/C15H30N4O3.HI/c1-19(2)13(20)11-17-14(16-8-10-22-4)18-12-15(5-6-15)7-9-21-3;/h5-12H2,1-4H3,(H2,16,17,18);1H. The molecule has 0 aromatic rings. The van der Waals surface area contributed by atoms with E-state index < -0.39 is 0 Å². The lowest BCUT2D eigenvalue weighted by Gasteiger charge is -2.18. The summed E-state index contributed by atoms with van der Waals surface area (Å²) in [7, 11) is 6.85. The van der Waals surface area contributed by atoms with E-state index in [4.69, 9.17) is 9.47 Å². The minimum atomic E-state index is -0.0200. The predicted molar refractivity (Wildman–Crippen MR) is 102 cm³/mol. The summed E-state index contributed by atoms with van der Waals surface area (Å²) in [6.07, 6.45) is 3.48. The molecule has 0 aromatic heterocycles. The van der Waals surface area contributed by atoms with Crippen molar-refractivity contribution in [2.45, 2.75) is 19.3 Å². The van der Waals surface area contributed by atoms with Crippen molar-refractivity contribution < 1.29 is 14.3 Å². The van der Waals surface area contributed by atoms with E-state index in [1.165, 1.54) is 17.7 Å². The van der Waals surface area contributed by atoms with E-state index in [-0.39, 0.29) is 36.4 Å². The molecule has 0 aliphatic heterocycles. The van der Waals surface area contributed by atoms with Crippen LogP contribution in [0.4, 0.5) is 0 Å². The maximum Gasteiger partial charge on any atom is 0.243 e. The van der Waals surface area contributed by atoms with Crippen LogP contribution in [0.5, 0.6) is 0 Å². The average Bonchev–Trinajstić information content (AvgIpc) is 3.27.